The van der Waals surface area contributed by atoms with E-state index in [9.17, 15) is 14.4 Å². The van der Waals surface area contributed by atoms with Gasteiger partial charge in [0, 0.05) is 18.4 Å². The summed E-state index contributed by atoms with van der Waals surface area (Å²) in [7, 11) is 0. The summed E-state index contributed by atoms with van der Waals surface area (Å²) >= 11 is 0. The largest absolute Gasteiger partial charge is 0.480 e. The standard InChI is InChI=1S/C23H26N2O5/c1-3-15(12-21(26)24-14(2)22(27)28)25-23(29)30-13-20-18-10-6-4-8-16(18)17-9-5-7-11-19(17)20/h4-11,14-15,20H,3,12-13H2,1-2H3,(H,24,26)(H,25,29)(H,27,28)/t14-,15?/m0/s1. The van der Waals surface area contributed by atoms with Crippen LogP contribution in [0.5, 0.6) is 0 Å². The number of carbonyl (C=O) groups excluding carboxylic acids is 2. The molecule has 0 radical (unpaired) electrons. The van der Waals surface area contributed by atoms with E-state index in [1.54, 1.807) is 0 Å². The third-order valence-corrected chi connectivity index (χ3v) is 5.34. The number of carbonyl (C=O) groups is 3. The van der Waals surface area contributed by atoms with Gasteiger partial charge in [0.1, 0.15) is 12.6 Å². The van der Waals surface area contributed by atoms with E-state index in [0.29, 0.717) is 6.42 Å². The van der Waals surface area contributed by atoms with E-state index >= 15 is 0 Å². The van der Waals surface area contributed by atoms with E-state index in [2.05, 4.69) is 22.8 Å². The Hall–Kier alpha value is -3.35. The lowest BCUT2D eigenvalue weighted by atomic mass is 9.98. The third kappa shape index (κ3) is 4.79. The summed E-state index contributed by atoms with van der Waals surface area (Å²) < 4.78 is 5.50. The highest BCUT2D eigenvalue weighted by Crippen LogP contribution is 2.44. The van der Waals surface area contributed by atoms with Crippen LogP contribution in [0.25, 0.3) is 11.1 Å². The Bertz CT molecular complexity index is 897. The predicted molar refractivity (Wildman–Crippen MR) is 112 cm³/mol. The van der Waals surface area contributed by atoms with Gasteiger partial charge >= 0.3 is 12.1 Å². The summed E-state index contributed by atoms with van der Waals surface area (Å²) in [4.78, 5) is 35.2. The number of alkyl carbamates (subject to hydrolysis) is 1. The Balaban J connectivity index is 1.58. The van der Waals surface area contributed by atoms with E-state index in [0.717, 1.165) is 22.3 Å². The molecule has 0 heterocycles. The summed E-state index contributed by atoms with van der Waals surface area (Å²) in [5.74, 6) is -1.58. The van der Waals surface area contributed by atoms with Crippen molar-refractivity contribution < 1.29 is 24.2 Å². The van der Waals surface area contributed by atoms with Crippen molar-refractivity contribution in [2.75, 3.05) is 6.61 Å². The molecule has 3 rings (SSSR count). The van der Waals surface area contributed by atoms with Crippen LogP contribution in [0.4, 0.5) is 4.79 Å². The van der Waals surface area contributed by atoms with Crippen LogP contribution in [-0.4, -0.2) is 41.8 Å². The SMILES string of the molecule is CCC(CC(=O)N[C@@H](C)C(=O)O)NC(=O)OCC1c2ccccc2-c2ccccc21. The van der Waals surface area contributed by atoms with Crippen LogP contribution in [0.2, 0.25) is 0 Å². The number of carboxylic acids is 1. The summed E-state index contributed by atoms with van der Waals surface area (Å²) in [6.07, 6.45) is -0.0972. The van der Waals surface area contributed by atoms with Crippen LogP contribution < -0.4 is 10.6 Å². The van der Waals surface area contributed by atoms with Gasteiger partial charge in [-0.15, -0.1) is 0 Å². The van der Waals surface area contributed by atoms with E-state index in [1.807, 2.05) is 43.3 Å². The van der Waals surface area contributed by atoms with E-state index in [4.69, 9.17) is 9.84 Å². The minimum Gasteiger partial charge on any atom is -0.480 e. The lowest BCUT2D eigenvalue weighted by Crippen LogP contribution is -2.43. The van der Waals surface area contributed by atoms with Crippen molar-refractivity contribution in [2.45, 2.75) is 44.7 Å². The number of ether oxygens (including phenoxy) is 1. The van der Waals surface area contributed by atoms with Crippen molar-refractivity contribution in [3.63, 3.8) is 0 Å². The van der Waals surface area contributed by atoms with Gasteiger partial charge in [-0.25, -0.2) is 4.79 Å². The van der Waals surface area contributed by atoms with Crippen LogP contribution in [0, 0.1) is 0 Å². The van der Waals surface area contributed by atoms with Gasteiger partial charge in [-0.3, -0.25) is 9.59 Å². The quantitative estimate of drug-likeness (QED) is 0.619. The number of hydrogen-bond acceptors (Lipinski definition) is 4. The Morgan fingerprint density at radius 3 is 2.10 bits per heavy atom. The van der Waals surface area contributed by atoms with Crippen LogP contribution in [0.3, 0.4) is 0 Å². The molecule has 0 fully saturated rings. The molecule has 0 saturated heterocycles. The Morgan fingerprint density at radius 1 is 1.00 bits per heavy atom. The molecule has 0 aromatic heterocycles. The Kier molecular flexibility index (Phi) is 6.72. The molecule has 2 amide bonds. The second-order valence-electron chi connectivity index (χ2n) is 7.41. The molecule has 3 N–H and O–H groups in total. The number of amides is 2. The molecular weight excluding hydrogens is 384 g/mol. The van der Waals surface area contributed by atoms with Gasteiger partial charge < -0.3 is 20.5 Å². The summed E-state index contributed by atoms with van der Waals surface area (Å²) in [5.41, 5.74) is 4.55. The van der Waals surface area contributed by atoms with Crippen molar-refractivity contribution in [3.8, 4) is 11.1 Å². The number of rotatable bonds is 8. The molecule has 0 saturated carbocycles. The van der Waals surface area contributed by atoms with Crippen LogP contribution in [0.15, 0.2) is 48.5 Å². The van der Waals surface area contributed by atoms with Crippen molar-refractivity contribution in [1.82, 2.24) is 10.6 Å². The summed E-state index contributed by atoms with van der Waals surface area (Å²) in [6, 6.07) is 14.7. The molecule has 7 nitrogen and oxygen atoms in total. The second-order valence-corrected chi connectivity index (χ2v) is 7.41. The maximum absolute atomic E-state index is 12.3. The smallest absolute Gasteiger partial charge is 0.407 e. The zero-order chi connectivity index (χ0) is 21.7. The topological polar surface area (TPSA) is 105 Å². The molecule has 1 unspecified atom stereocenters. The van der Waals surface area contributed by atoms with Crippen molar-refractivity contribution >= 4 is 18.0 Å². The lowest BCUT2D eigenvalue weighted by Gasteiger charge is -2.19. The maximum Gasteiger partial charge on any atom is 0.407 e. The first-order valence-electron chi connectivity index (χ1n) is 10.0. The fraction of sp³-hybridized carbons (Fsp3) is 0.348. The normalized spacial score (nSPS) is 14.2. The Labute approximate surface area is 175 Å². The fourth-order valence-corrected chi connectivity index (χ4v) is 3.69. The van der Waals surface area contributed by atoms with Gasteiger partial charge in [0.25, 0.3) is 0 Å². The minimum absolute atomic E-state index is 0.0156. The predicted octanol–water partition coefficient (Wildman–Crippen LogP) is 3.28. The number of fused-ring (bicyclic) bond motifs is 3. The lowest BCUT2D eigenvalue weighted by molar-refractivity contribution is -0.141. The molecule has 1 aliphatic rings. The number of benzene rings is 2. The van der Waals surface area contributed by atoms with Gasteiger partial charge in [0.2, 0.25) is 5.91 Å². The average Bonchev–Trinajstić information content (AvgIpc) is 3.05. The molecule has 0 spiro atoms. The minimum atomic E-state index is -1.11. The van der Waals surface area contributed by atoms with Gasteiger partial charge in [0.15, 0.2) is 0 Å². The van der Waals surface area contributed by atoms with Crippen LogP contribution in [-0.2, 0) is 14.3 Å². The van der Waals surface area contributed by atoms with Crippen LogP contribution in [0.1, 0.15) is 43.7 Å². The van der Waals surface area contributed by atoms with Crippen molar-refractivity contribution in [2.24, 2.45) is 0 Å². The number of carboxylic acid groups (broad SMARTS) is 1. The molecule has 30 heavy (non-hydrogen) atoms. The van der Waals surface area contributed by atoms with Gasteiger partial charge in [-0.05, 0) is 35.6 Å². The van der Waals surface area contributed by atoms with Crippen molar-refractivity contribution in [3.05, 3.63) is 59.7 Å². The van der Waals surface area contributed by atoms with Crippen molar-refractivity contribution in [1.29, 1.82) is 0 Å². The van der Waals surface area contributed by atoms with E-state index in [-0.39, 0.29) is 18.9 Å². The number of aliphatic carboxylic acids is 1. The van der Waals surface area contributed by atoms with Crippen LogP contribution >= 0.6 is 0 Å². The highest BCUT2D eigenvalue weighted by Gasteiger charge is 2.29. The molecule has 1 aliphatic carbocycles. The van der Waals surface area contributed by atoms with E-state index in [1.165, 1.54) is 6.92 Å². The third-order valence-electron chi connectivity index (χ3n) is 5.34. The molecule has 0 aliphatic heterocycles. The first-order valence-corrected chi connectivity index (χ1v) is 10.0. The molecule has 158 valence electrons. The number of hydrogen-bond donors (Lipinski definition) is 3. The molecular formula is C23H26N2O5. The summed E-state index contributed by atoms with van der Waals surface area (Å²) in [6.45, 7) is 3.42. The second kappa shape index (κ2) is 9.43. The van der Waals surface area contributed by atoms with Gasteiger partial charge in [0.05, 0.1) is 0 Å². The maximum atomic E-state index is 12.3. The first kappa shape index (κ1) is 21.4. The zero-order valence-electron chi connectivity index (χ0n) is 17.1. The molecule has 0 bridgehead atoms. The Morgan fingerprint density at radius 2 is 1.57 bits per heavy atom. The molecule has 2 aromatic carbocycles. The monoisotopic (exact) mass is 410 g/mol. The highest BCUT2D eigenvalue weighted by atomic mass is 16.5. The molecule has 2 atom stereocenters. The number of nitrogens with one attached hydrogen (secondary N) is 2. The molecule has 2 aromatic rings. The average molecular weight is 410 g/mol. The van der Waals surface area contributed by atoms with Gasteiger partial charge in [-0.1, -0.05) is 55.5 Å². The van der Waals surface area contributed by atoms with E-state index < -0.39 is 30.1 Å². The molecule has 7 heteroatoms. The zero-order valence-corrected chi connectivity index (χ0v) is 17.1. The first-order chi connectivity index (χ1) is 14.4. The highest BCUT2D eigenvalue weighted by molar-refractivity contribution is 5.84. The van der Waals surface area contributed by atoms with Gasteiger partial charge in [-0.2, -0.15) is 0 Å². The fourth-order valence-electron chi connectivity index (χ4n) is 3.69. The summed E-state index contributed by atoms with van der Waals surface area (Å²) in [5, 5.41) is 14.0.